The van der Waals surface area contributed by atoms with Gasteiger partial charge in [-0.25, -0.2) is 4.90 Å². The lowest BCUT2D eigenvalue weighted by atomic mass is 9.92. The molecule has 0 saturated heterocycles. The summed E-state index contributed by atoms with van der Waals surface area (Å²) in [5.41, 5.74) is 9.50. The second-order valence-corrected chi connectivity index (χ2v) is 8.46. The van der Waals surface area contributed by atoms with Crippen molar-refractivity contribution in [3.63, 3.8) is 0 Å². The molecule has 0 radical (unpaired) electrons. The van der Waals surface area contributed by atoms with Crippen LogP contribution in [-0.4, -0.2) is 28.7 Å². The van der Waals surface area contributed by atoms with Crippen molar-refractivity contribution in [2.45, 2.75) is 32.2 Å². The van der Waals surface area contributed by atoms with E-state index in [2.05, 4.69) is 5.32 Å². The lowest BCUT2D eigenvalue weighted by molar-refractivity contribution is -0.384. The summed E-state index contributed by atoms with van der Waals surface area (Å²) in [6.45, 7) is 3.23. The van der Waals surface area contributed by atoms with Crippen LogP contribution < -0.4 is 16.0 Å². The maximum atomic E-state index is 13.5. The maximum Gasteiger partial charge on any atom is 0.269 e. The number of non-ortho nitro benzene ring substituents is 1. The molecule has 3 N–H and O–H groups in total. The molecule has 4 rings (SSSR count). The SMILES string of the molecule is CC1C(=O)N(C(=O)[C@H](C)NC(=O)Cc2cccc([N+](=O)[O-])c2)c2cccc(N)c2-c2ccccc21. The number of carbonyl (C=O) groups is 3. The number of nitro benzene ring substituents is 1. The van der Waals surface area contributed by atoms with Crippen LogP contribution in [0.5, 0.6) is 0 Å². The molecule has 0 aliphatic carbocycles. The Morgan fingerprint density at radius 2 is 1.83 bits per heavy atom. The van der Waals surface area contributed by atoms with Crippen LogP contribution >= 0.6 is 0 Å². The molecule has 0 fully saturated rings. The van der Waals surface area contributed by atoms with Crippen LogP contribution in [0.15, 0.2) is 66.7 Å². The number of nitro groups is 1. The van der Waals surface area contributed by atoms with Gasteiger partial charge < -0.3 is 11.1 Å². The van der Waals surface area contributed by atoms with Gasteiger partial charge in [0.25, 0.3) is 11.6 Å². The number of imide groups is 1. The molecule has 3 aromatic carbocycles. The Hall–Kier alpha value is -4.53. The van der Waals surface area contributed by atoms with E-state index < -0.39 is 34.6 Å². The minimum Gasteiger partial charge on any atom is -0.398 e. The highest BCUT2D eigenvalue weighted by Crippen LogP contribution is 2.44. The number of benzene rings is 3. The van der Waals surface area contributed by atoms with E-state index in [1.54, 1.807) is 31.2 Å². The normalized spacial score (nSPS) is 15.4. The van der Waals surface area contributed by atoms with Crippen molar-refractivity contribution in [1.29, 1.82) is 0 Å². The predicted octanol–water partition coefficient (Wildman–Crippen LogP) is 3.57. The standard InChI is InChI=1S/C26H24N4O5/c1-15-19-9-3-4-10-20(19)24-21(27)11-6-12-22(24)29(25(15)32)26(33)16(2)28-23(31)14-17-7-5-8-18(13-17)30(34)35/h3-13,15-16H,14,27H2,1-2H3,(H,28,31)/t15?,16-/m0/s1. The second kappa shape index (κ2) is 9.38. The van der Waals surface area contributed by atoms with Crippen molar-refractivity contribution in [2.75, 3.05) is 10.6 Å². The molecule has 1 aliphatic rings. The monoisotopic (exact) mass is 472 g/mol. The Bertz CT molecular complexity index is 1350. The van der Waals surface area contributed by atoms with Gasteiger partial charge in [0.1, 0.15) is 6.04 Å². The van der Waals surface area contributed by atoms with Gasteiger partial charge in [-0.1, -0.05) is 42.5 Å². The van der Waals surface area contributed by atoms with E-state index in [1.165, 1.54) is 25.1 Å². The largest absolute Gasteiger partial charge is 0.398 e. The Labute approximate surface area is 201 Å². The van der Waals surface area contributed by atoms with Gasteiger partial charge in [-0.3, -0.25) is 24.5 Å². The molecule has 9 nitrogen and oxygen atoms in total. The minimum absolute atomic E-state index is 0.127. The van der Waals surface area contributed by atoms with Crippen molar-refractivity contribution < 1.29 is 19.3 Å². The smallest absolute Gasteiger partial charge is 0.269 e. The molecular weight excluding hydrogens is 448 g/mol. The molecule has 0 spiro atoms. The summed E-state index contributed by atoms with van der Waals surface area (Å²) in [7, 11) is 0. The fraction of sp³-hybridized carbons (Fsp3) is 0.192. The number of hydrogen-bond donors (Lipinski definition) is 2. The van der Waals surface area contributed by atoms with Gasteiger partial charge in [-0.2, -0.15) is 0 Å². The number of nitrogen functional groups attached to an aromatic ring is 1. The van der Waals surface area contributed by atoms with Crippen molar-refractivity contribution >= 4 is 34.8 Å². The van der Waals surface area contributed by atoms with Gasteiger partial charge in [0, 0.05) is 23.4 Å². The first kappa shape index (κ1) is 23.6. The van der Waals surface area contributed by atoms with Crippen molar-refractivity contribution in [3.05, 3.63) is 88.0 Å². The van der Waals surface area contributed by atoms with Gasteiger partial charge in [0.15, 0.2) is 0 Å². The third-order valence-corrected chi connectivity index (χ3v) is 6.06. The molecule has 35 heavy (non-hydrogen) atoms. The van der Waals surface area contributed by atoms with Crippen LogP contribution in [0, 0.1) is 10.1 Å². The fourth-order valence-electron chi connectivity index (χ4n) is 4.33. The molecule has 1 heterocycles. The highest BCUT2D eigenvalue weighted by molar-refractivity contribution is 6.22. The predicted molar refractivity (Wildman–Crippen MR) is 132 cm³/mol. The molecule has 3 aromatic rings. The lowest BCUT2D eigenvalue weighted by Gasteiger charge is -2.26. The Balaban J connectivity index is 1.62. The van der Waals surface area contributed by atoms with Crippen molar-refractivity contribution in [3.8, 4) is 11.1 Å². The fourth-order valence-corrected chi connectivity index (χ4v) is 4.33. The first-order valence-electron chi connectivity index (χ1n) is 11.1. The van der Waals surface area contributed by atoms with Crippen LogP contribution in [0.25, 0.3) is 11.1 Å². The summed E-state index contributed by atoms with van der Waals surface area (Å²) in [6, 6.07) is 17.1. The van der Waals surface area contributed by atoms with Crippen molar-refractivity contribution in [2.24, 2.45) is 0 Å². The zero-order chi connectivity index (χ0) is 25.3. The zero-order valence-corrected chi connectivity index (χ0v) is 19.2. The second-order valence-electron chi connectivity index (χ2n) is 8.46. The summed E-state index contributed by atoms with van der Waals surface area (Å²) in [4.78, 5) is 51.2. The number of rotatable bonds is 5. The summed E-state index contributed by atoms with van der Waals surface area (Å²) in [5, 5.41) is 13.6. The first-order chi connectivity index (χ1) is 16.7. The summed E-state index contributed by atoms with van der Waals surface area (Å²) >= 11 is 0. The van der Waals surface area contributed by atoms with Crippen LogP contribution in [0.3, 0.4) is 0 Å². The number of nitrogens with two attached hydrogens (primary N) is 1. The molecule has 178 valence electrons. The van der Waals surface area contributed by atoms with Crippen LogP contribution in [0.4, 0.5) is 17.1 Å². The van der Waals surface area contributed by atoms with Crippen LogP contribution in [0.2, 0.25) is 0 Å². The third-order valence-electron chi connectivity index (χ3n) is 6.06. The molecule has 1 aliphatic heterocycles. The van der Waals surface area contributed by atoms with E-state index in [0.29, 0.717) is 22.5 Å². The molecule has 0 bridgehead atoms. The van der Waals surface area contributed by atoms with Gasteiger partial charge >= 0.3 is 0 Å². The van der Waals surface area contributed by atoms with Crippen LogP contribution in [0.1, 0.15) is 30.9 Å². The van der Waals surface area contributed by atoms with Gasteiger partial charge in [-0.05, 0) is 42.7 Å². The van der Waals surface area contributed by atoms with E-state index in [1.807, 2.05) is 24.3 Å². The minimum atomic E-state index is -1.03. The van der Waals surface area contributed by atoms with Gasteiger partial charge in [0.05, 0.1) is 22.9 Å². The molecule has 2 atom stereocenters. The number of nitrogens with one attached hydrogen (secondary N) is 1. The van der Waals surface area contributed by atoms with E-state index in [-0.39, 0.29) is 12.1 Å². The number of nitrogens with zero attached hydrogens (tertiary/aromatic N) is 2. The average molecular weight is 473 g/mol. The molecule has 0 aromatic heterocycles. The zero-order valence-electron chi connectivity index (χ0n) is 19.2. The average Bonchev–Trinajstić information content (AvgIpc) is 2.92. The number of anilines is 2. The molecule has 9 heteroatoms. The number of fused-ring (bicyclic) bond motifs is 3. The molecular formula is C26H24N4O5. The highest BCUT2D eigenvalue weighted by Gasteiger charge is 2.37. The highest BCUT2D eigenvalue weighted by atomic mass is 16.6. The van der Waals surface area contributed by atoms with Crippen LogP contribution in [-0.2, 0) is 20.8 Å². The number of carbonyl (C=O) groups excluding carboxylic acids is 3. The molecule has 0 saturated carbocycles. The summed E-state index contributed by atoms with van der Waals surface area (Å²) in [5.74, 6) is -2.15. The lowest BCUT2D eigenvalue weighted by Crippen LogP contribution is -2.50. The quantitative estimate of drug-likeness (QED) is 0.331. The molecule has 1 unspecified atom stereocenters. The Kier molecular flexibility index (Phi) is 6.33. The Morgan fingerprint density at radius 3 is 2.57 bits per heavy atom. The van der Waals surface area contributed by atoms with Crippen molar-refractivity contribution in [1.82, 2.24) is 5.32 Å². The third kappa shape index (κ3) is 4.48. The molecule has 3 amide bonds. The van der Waals surface area contributed by atoms with Gasteiger partial charge in [-0.15, -0.1) is 0 Å². The topological polar surface area (TPSA) is 136 Å². The summed E-state index contributed by atoms with van der Waals surface area (Å²) < 4.78 is 0. The Morgan fingerprint density at radius 1 is 1.11 bits per heavy atom. The van der Waals surface area contributed by atoms with E-state index in [9.17, 15) is 24.5 Å². The summed E-state index contributed by atoms with van der Waals surface area (Å²) in [6.07, 6.45) is -0.154. The number of hydrogen-bond acceptors (Lipinski definition) is 6. The maximum absolute atomic E-state index is 13.5. The van der Waals surface area contributed by atoms with E-state index in [0.717, 1.165) is 16.0 Å². The van der Waals surface area contributed by atoms with E-state index in [4.69, 9.17) is 5.73 Å². The number of amides is 3. The van der Waals surface area contributed by atoms with E-state index >= 15 is 0 Å². The van der Waals surface area contributed by atoms with Gasteiger partial charge in [0.2, 0.25) is 11.8 Å². The first-order valence-corrected chi connectivity index (χ1v) is 11.1.